The summed E-state index contributed by atoms with van der Waals surface area (Å²) < 4.78 is 0. The van der Waals surface area contributed by atoms with Gasteiger partial charge < -0.3 is 4.90 Å². The van der Waals surface area contributed by atoms with E-state index in [1.807, 2.05) is 12.1 Å². The fourth-order valence-corrected chi connectivity index (χ4v) is 3.00. The Morgan fingerprint density at radius 2 is 1.81 bits per heavy atom. The minimum Gasteiger partial charge on any atom is -0.341 e. The molecule has 1 saturated heterocycles. The van der Waals surface area contributed by atoms with Gasteiger partial charge in [0.1, 0.15) is 0 Å². The molecule has 1 N–H and O–H groups in total. The van der Waals surface area contributed by atoms with Crippen molar-refractivity contribution in [3.63, 3.8) is 0 Å². The van der Waals surface area contributed by atoms with Crippen molar-refractivity contribution in [1.29, 1.82) is 0 Å². The van der Waals surface area contributed by atoms with Crippen molar-refractivity contribution in [2.45, 2.75) is 12.8 Å². The number of carbonyl (C=O) groups is 1. The highest BCUT2D eigenvalue weighted by Crippen LogP contribution is 2.23. The molecule has 7 nitrogen and oxygen atoms in total. The second kappa shape index (κ2) is 7.67. The molecule has 4 rings (SSSR count). The molecule has 3 aromatic rings. The van der Waals surface area contributed by atoms with Crippen LogP contribution in [0, 0.1) is 0 Å². The summed E-state index contributed by atoms with van der Waals surface area (Å²) in [4.78, 5) is 32.0. The van der Waals surface area contributed by atoms with Crippen LogP contribution in [0.1, 0.15) is 23.2 Å². The Bertz CT molecular complexity index is 942. The molecule has 0 unspecified atom stereocenters. The molecule has 0 bridgehead atoms. The molecule has 1 aliphatic rings. The summed E-state index contributed by atoms with van der Waals surface area (Å²) in [6.45, 7) is 1.78. The van der Waals surface area contributed by atoms with Crippen molar-refractivity contribution in [2.75, 3.05) is 23.3 Å². The van der Waals surface area contributed by atoms with Crippen LogP contribution in [-0.4, -0.2) is 38.9 Å². The number of hydrogen-bond donors (Lipinski definition) is 1. The zero-order valence-electron chi connectivity index (χ0n) is 14.5. The number of aromatic nitrogens is 4. The lowest BCUT2D eigenvalue weighted by molar-refractivity contribution is 0.102. The van der Waals surface area contributed by atoms with Gasteiger partial charge in [0.25, 0.3) is 5.91 Å². The van der Waals surface area contributed by atoms with E-state index in [0.717, 1.165) is 31.5 Å². The van der Waals surface area contributed by atoms with E-state index in [-0.39, 0.29) is 11.9 Å². The van der Waals surface area contributed by atoms with Crippen LogP contribution in [0.2, 0.25) is 5.02 Å². The molecule has 0 aliphatic carbocycles. The number of carbonyl (C=O) groups excluding carboxylic acids is 1. The SMILES string of the molecule is O=C(Nc1nc(-c2ccc(Cl)cc2)nc(N2CCCC2)n1)c1cccnc1. The lowest BCUT2D eigenvalue weighted by Crippen LogP contribution is -2.23. The number of anilines is 2. The van der Waals surface area contributed by atoms with Crippen LogP contribution in [0.25, 0.3) is 11.4 Å². The molecular weight excluding hydrogens is 364 g/mol. The second-order valence-corrected chi connectivity index (χ2v) is 6.62. The minimum atomic E-state index is -0.316. The Morgan fingerprint density at radius 1 is 1.04 bits per heavy atom. The Kier molecular flexibility index (Phi) is 4.93. The van der Waals surface area contributed by atoms with Crippen molar-refractivity contribution < 1.29 is 4.79 Å². The Morgan fingerprint density at radius 3 is 2.52 bits per heavy atom. The van der Waals surface area contributed by atoms with Crippen LogP contribution < -0.4 is 10.2 Å². The van der Waals surface area contributed by atoms with Crippen molar-refractivity contribution in [1.82, 2.24) is 19.9 Å². The number of nitrogens with one attached hydrogen (secondary N) is 1. The van der Waals surface area contributed by atoms with Gasteiger partial charge in [0.05, 0.1) is 5.56 Å². The zero-order valence-corrected chi connectivity index (χ0v) is 15.2. The average molecular weight is 381 g/mol. The number of benzene rings is 1. The number of nitrogens with zero attached hydrogens (tertiary/aromatic N) is 5. The van der Waals surface area contributed by atoms with Gasteiger partial charge in [-0.2, -0.15) is 15.0 Å². The van der Waals surface area contributed by atoms with E-state index >= 15 is 0 Å². The summed E-state index contributed by atoms with van der Waals surface area (Å²) >= 11 is 5.98. The maximum absolute atomic E-state index is 12.5. The Labute approximate surface area is 161 Å². The first kappa shape index (κ1) is 17.4. The molecule has 0 radical (unpaired) electrons. The van der Waals surface area contributed by atoms with Gasteiger partial charge >= 0.3 is 0 Å². The van der Waals surface area contributed by atoms with Crippen LogP contribution in [0.3, 0.4) is 0 Å². The van der Waals surface area contributed by atoms with E-state index in [0.29, 0.717) is 22.4 Å². The fraction of sp³-hybridized carbons (Fsp3) is 0.211. The quantitative estimate of drug-likeness (QED) is 0.746. The van der Waals surface area contributed by atoms with E-state index in [4.69, 9.17) is 11.6 Å². The van der Waals surface area contributed by atoms with Crippen LogP contribution in [0.5, 0.6) is 0 Å². The predicted molar refractivity (Wildman–Crippen MR) is 104 cm³/mol. The summed E-state index contributed by atoms with van der Waals surface area (Å²) in [5.41, 5.74) is 1.24. The van der Waals surface area contributed by atoms with Gasteiger partial charge in [0, 0.05) is 36.1 Å². The highest BCUT2D eigenvalue weighted by atomic mass is 35.5. The van der Waals surface area contributed by atoms with E-state index in [9.17, 15) is 4.79 Å². The van der Waals surface area contributed by atoms with Gasteiger partial charge in [0.15, 0.2) is 5.82 Å². The average Bonchev–Trinajstić information content (AvgIpc) is 3.24. The zero-order chi connectivity index (χ0) is 18.6. The van der Waals surface area contributed by atoms with E-state index in [2.05, 4.69) is 30.2 Å². The summed E-state index contributed by atoms with van der Waals surface area (Å²) in [5.74, 6) is 0.952. The molecule has 0 saturated carbocycles. The maximum atomic E-state index is 12.5. The molecule has 0 spiro atoms. The van der Waals surface area contributed by atoms with Gasteiger partial charge in [-0.1, -0.05) is 11.6 Å². The number of rotatable bonds is 4. The topological polar surface area (TPSA) is 83.9 Å². The third-order valence-corrected chi connectivity index (χ3v) is 4.52. The first-order valence-electron chi connectivity index (χ1n) is 8.67. The molecule has 136 valence electrons. The van der Waals surface area contributed by atoms with Crippen molar-refractivity contribution in [2.24, 2.45) is 0 Å². The van der Waals surface area contributed by atoms with Crippen molar-refractivity contribution in [3.8, 4) is 11.4 Å². The van der Waals surface area contributed by atoms with E-state index in [1.54, 1.807) is 30.5 Å². The third kappa shape index (κ3) is 4.03. The fourth-order valence-electron chi connectivity index (χ4n) is 2.88. The normalized spacial score (nSPS) is 13.6. The molecule has 1 fully saturated rings. The molecule has 2 aromatic heterocycles. The van der Waals surface area contributed by atoms with Gasteiger partial charge in [-0.25, -0.2) is 0 Å². The third-order valence-electron chi connectivity index (χ3n) is 4.26. The van der Waals surface area contributed by atoms with Crippen LogP contribution >= 0.6 is 11.6 Å². The van der Waals surface area contributed by atoms with Crippen molar-refractivity contribution in [3.05, 3.63) is 59.4 Å². The van der Waals surface area contributed by atoms with Crippen molar-refractivity contribution >= 4 is 29.4 Å². The van der Waals surface area contributed by atoms with E-state index in [1.165, 1.54) is 6.20 Å². The molecule has 0 atom stereocenters. The largest absolute Gasteiger partial charge is 0.341 e. The predicted octanol–water partition coefficient (Wildman–Crippen LogP) is 3.44. The number of amides is 1. The lowest BCUT2D eigenvalue weighted by atomic mass is 10.2. The van der Waals surface area contributed by atoms with Crippen LogP contribution in [-0.2, 0) is 0 Å². The van der Waals surface area contributed by atoms with Gasteiger partial charge in [-0.05, 0) is 49.2 Å². The molecular formula is C19H17ClN6O. The molecule has 3 heterocycles. The van der Waals surface area contributed by atoms with E-state index < -0.39 is 0 Å². The summed E-state index contributed by atoms with van der Waals surface area (Å²) in [6.07, 6.45) is 5.31. The number of hydrogen-bond acceptors (Lipinski definition) is 6. The lowest BCUT2D eigenvalue weighted by Gasteiger charge is -2.16. The first-order valence-corrected chi connectivity index (χ1v) is 9.05. The second-order valence-electron chi connectivity index (χ2n) is 6.18. The first-order chi connectivity index (χ1) is 13.2. The Balaban J connectivity index is 1.69. The molecule has 1 aliphatic heterocycles. The standard InChI is InChI=1S/C19H17ClN6O/c20-15-7-5-13(6-8-15)16-22-18(24-17(27)14-4-3-9-21-12-14)25-19(23-16)26-10-1-2-11-26/h3-9,12H,1-2,10-11H2,(H,22,23,24,25,27). The summed E-state index contributed by atoms with van der Waals surface area (Å²) in [7, 11) is 0. The highest BCUT2D eigenvalue weighted by molar-refractivity contribution is 6.30. The molecule has 1 amide bonds. The summed E-state index contributed by atoms with van der Waals surface area (Å²) in [6, 6.07) is 10.6. The minimum absolute atomic E-state index is 0.214. The molecule has 1 aromatic carbocycles. The number of pyridine rings is 1. The maximum Gasteiger partial charge on any atom is 0.259 e. The number of halogens is 1. The monoisotopic (exact) mass is 380 g/mol. The highest BCUT2D eigenvalue weighted by Gasteiger charge is 2.19. The molecule has 8 heteroatoms. The smallest absolute Gasteiger partial charge is 0.259 e. The van der Waals surface area contributed by atoms with Crippen LogP contribution in [0.15, 0.2) is 48.8 Å². The van der Waals surface area contributed by atoms with Gasteiger partial charge in [-0.3, -0.25) is 15.1 Å². The molecule has 27 heavy (non-hydrogen) atoms. The van der Waals surface area contributed by atoms with Gasteiger partial charge in [0.2, 0.25) is 11.9 Å². The van der Waals surface area contributed by atoms with Crippen LogP contribution in [0.4, 0.5) is 11.9 Å². The summed E-state index contributed by atoms with van der Waals surface area (Å²) in [5, 5.41) is 3.39. The van der Waals surface area contributed by atoms with Gasteiger partial charge in [-0.15, -0.1) is 0 Å². The Hall–Kier alpha value is -3.06.